The normalized spacial score (nSPS) is 17.8. The zero-order valence-electron chi connectivity index (χ0n) is 14.2. The summed E-state index contributed by atoms with van der Waals surface area (Å²) in [5.41, 5.74) is 8.09. The third-order valence-electron chi connectivity index (χ3n) is 4.70. The van der Waals surface area contributed by atoms with E-state index in [1.165, 1.54) is 19.3 Å². The van der Waals surface area contributed by atoms with E-state index in [0.717, 1.165) is 33.2 Å². The van der Waals surface area contributed by atoms with Gasteiger partial charge in [0, 0.05) is 29.1 Å². The number of para-hydroxylation sites is 1. The standard InChI is InChI=1S/C19H21N5S/c1-13-6-2-3-11-24(13)18-16(20)19(23-12-22-18)25-15-9-4-7-14-8-5-10-21-17(14)15/h4-5,7-10,12-13H,2-3,6,11,20H2,1H3. The van der Waals surface area contributed by atoms with Gasteiger partial charge in [-0.1, -0.05) is 30.0 Å². The molecular weight excluding hydrogens is 330 g/mol. The first-order valence-electron chi connectivity index (χ1n) is 8.63. The number of anilines is 2. The summed E-state index contributed by atoms with van der Waals surface area (Å²) in [6.07, 6.45) is 7.07. The first-order chi connectivity index (χ1) is 12.2. The van der Waals surface area contributed by atoms with Crippen LogP contribution in [-0.2, 0) is 0 Å². The number of fused-ring (bicyclic) bond motifs is 1. The van der Waals surface area contributed by atoms with E-state index < -0.39 is 0 Å². The molecule has 128 valence electrons. The minimum absolute atomic E-state index is 0.461. The summed E-state index contributed by atoms with van der Waals surface area (Å²) in [4.78, 5) is 16.8. The van der Waals surface area contributed by atoms with Crippen LogP contribution in [0, 0.1) is 0 Å². The summed E-state index contributed by atoms with van der Waals surface area (Å²) in [5, 5.41) is 1.91. The van der Waals surface area contributed by atoms with Gasteiger partial charge in [0.2, 0.25) is 0 Å². The van der Waals surface area contributed by atoms with E-state index in [9.17, 15) is 0 Å². The molecule has 2 N–H and O–H groups in total. The molecule has 1 aliphatic heterocycles. The number of hydrogen-bond donors (Lipinski definition) is 1. The first kappa shape index (κ1) is 16.1. The van der Waals surface area contributed by atoms with E-state index in [2.05, 4.69) is 45.0 Å². The molecular formula is C19H21N5S. The fourth-order valence-corrected chi connectivity index (χ4v) is 4.28. The van der Waals surface area contributed by atoms with Crippen LogP contribution in [0.4, 0.5) is 11.5 Å². The third kappa shape index (κ3) is 3.14. The molecule has 0 saturated carbocycles. The van der Waals surface area contributed by atoms with E-state index in [-0.39, 0.29) is 0 Å². The highest BCUT2D eigenvalue weighted by molar-refractivity contribution is 7.99. The second-order valence-corrected chi connectivity index (χ2v) is 7.42. The summed E-state index contributed by atoms with van der Waals surface area (Å²) in [7, 11) is 0. The number of pyridine rings is 1. The lowest BCUT2D eigenvalue weighted by molar-refractivity contribution is 0.481. The summed E-state index contributed by atoms with van der Waals surface area (Å²) >= 11 is 1.56. The smallest absolute Gasteiger partial charge is 0.156 e. The van der Waals surface area contributed by atoms with Gasteiger partial charge in [-0.25, -0.2) is 9.97 Å². The number of nitrogens with zero attached hydrogens (tertiary/aromatic N) is 4. The Morgan fingerprint density at radius 3 is 2.88 bits per heavy atom. The fourth-order valence-electron chi connectivity index (χ4n) is 3.36. The van der Waals surface area contributed by atoms with Gasteiger partial charge < -0.3 is 10.6 Å². The number of nitrogen functional groups attached to an aromatic ring is 1. The molecule has 1 fully saturated rings. The Bertz CT molecular complexity index is 893. The number of aromatic nitrogens is 3. The van der Waals surface area contributed by atoms with Crippen molar-refractivity contribution in [1.82, 2.24) is 15.0 Å². The minimum Gasteiger partial charge on any atom is -0.394 e. The van der Waals surface area contributed by atoms with Crippen LogP contribution >= 0.6 is 11.8 Å². The molecule has 1 saturated heterocycles. The van der Waals surface area contributed by atoms with Gasteiger partial charge in [-0.2, -0.15) is 0 Å². The lowest BCUT2D eigenvalue weighted by Crippen LogP contribution is -2.38. The molecule has 0 bridgehead atoms. The molecule has 1 aliphatic rings. The van der Waals surface area contributed by atoms with Gasteiger partial charge in [0.15, 0.2) is 5.82 Å². The van der Waals surface area contributed by atoms with Crippen molar-refractivity contribution in [3.8, 4) is 0 Å². The Labute approximate surface area is 151 Å². The maximum absolute atomic E-state index is 6.46. The lowest BCUT2D eigenvalue weighted by atomic mass is 10.0. The highest BCUT2D eigenvalue weighted by Crippen LogP contribution is 2.38. The number of nitrogens with two attached hydrogens (primary N) is 1. The van der Waals surface area contributed by atoms with Crippen LogP contribution in [0.5, 0.6) is 0 Å². The molecule has 5 nitrogen and oxygen atoms in total. The molecule has 1 atom stereocenters. The topological polar surface area (TPSA) is 67.9 Å². The highest BCUT2D eigenvalue weighted by Gasteiger charge is 2.23. The third-order valence-corrected chi connectivity index (χ3v) is 5.77. The molecule has 0 amide bonds. The van der Waals surface area contributed by atoms with Gasteiger partial charge >= 0.3 is 0 Å². The quantitative estimate of drug-likeness (QED) is 0.715. The molecule has 25 heavy (non-hydrogen) atoms. The van der Waals surface area contributed by atoms with Crippen molar-refractivity contribution in [2.75, 3.05) is 17.2 Å². The highest BCUT2D eigenvalue weighted by atomic mass is 32.2. The van der Waals surface area contributed by atoms with Crippen molar-refractivity contribution in [2.24, 2.45) is 0 Å². The molecule has 4 rings (SSSR count). The number of benzene rings is 1. The van der Waals surface area contributed by atoms with Gasteiger partial charge in [0.05, 0.1) is 5.52 Å². The van der Waals surface area contributed by atoms with Crippen LogP contribution in [0.3, 0.4) is 0 Å². The van der Waals surface area contributed by atoms with Crippen molar-refractivity contribution < 1.29 is 0 Å². The summed E-state index contributed by atoms with van der Waals surface area (Å²) in [6.45, 7) is 3.24. The molecule has 3 aromatic rings. The van der Waals surface area contributed by atoms with Crippen LogP contribution in [-0.4, -0.2) is 27.5 Å². The largest absolute Gasteiger partial charge is 0.394 e. The Hall–Kier alpha value is -2.34. The summed E-state index contributed by atoms with van der Waals surface area (Å²) < 4.78 is 0. The Kier molecular flexibility index (Phi) is 4.44. The molecule has 6 heteroatoms. The van der Waals surface area contributed by atoms with Crippen molar-refractivity contribution in [1.29, 1.82) is 0 Å². The van der Waals surface area contributed by atoms with Crippen LogP contribution in [0.25, 0.3) is 10.9 Å². The monoisotopic (exact) mass is 351 g/mol. The van der Waals surface area contributed by atoms with Gasteiger partial charge in [-0.3, -0.25) is 4.98 Å². The van der Waals surface area contributed by atoms with Crippen LogP contribution in [0.1, 0.15) is 26.2 Å². The van der Waals surface area contributed by atoms with Gasteiger partial charge in [-0.05, 0) is 38.3 Å². The second-order valence-electron chi connectivity index (χ2n) is 6.39. The molecule has 0 radical (unpaired) electrons. The van der Waals surface area contributed by atoms with E-state index in [0.29, 0.717) is 11.7 Å². The van der Waals surface area contributed by atoms with Crippen molar-refractivity contribution in [3.63, 3.8) is 0 Å². The zero-order chi connectivity index (χ0) is 17.2. The second kappa shape index (κ2) is 6.88. The average molecular weight is 351 g/mol. The van der Waals surface area contributed by atoms with Gasteiger partial charge in [0.25, 0.3) is 0 Å². The van der Waals surface area contributed by atoms with Gasteiger partial charge in [-0.15, -0.1) is 0 Å². The van der Waals surface area contributed by atoms with E-state index in [1.54, 1.807) is 18.1 Å². The van der Waals surface area contributed by atoms with Crippen molar-refractivity contribution in [2.45, 2.75) is 42.1 Å². The molecule has 2 aromatic heterocycles. The van der Waals surface area contributed by atoms with Crippen LogP contribution < -0.4 is 10.6 Å². The summed E-state index contributed by atoms with van der Waals surface area (Å²) in [5.74, 6) is 0.859. The van der Waals surface area contributed by atoms with Crippen molar-refractivity contribution in [3.05, 3.63) is 42.9 Å². The Balaban J connectivity index is 1.70. The van der Waals surface area contributed by atoms with E-state index in [4.69, 9.17) is 5.73 Å². The predicted molar refractivity (Wildman–Crippen MR) is 103 cm³/mol. The number of piperidine rings is 1. The van der Waals surface area contributed by atoms with E-state index >= 15 is 0 Å². The zero-order valence-corrected chi connectivity index (χ0v) is 15.0. The maximum Gasteiger partial charge on any atom is 0.156 e. The van der Waals surface area contributed by atoms with Gasteiger partial charge in [0.1, 0.15) is 17.0 Å². The molecule has 0 aliphatic carbocycles. The number of rotatable bonds is 3. The molecule has 0 spiro atoms. The van der Waals surface area contributed by atoms with Crippen molar-refractivity contribution >= 4 is 34.2 Å². The average Bonchev–Trinajstić information content (AvgIpc) is 2.64. The number of hydrogen-bond acceptors (Lipinski definition) is 6. The lowest BCUT2D eigenvalue weighted by Gasteiger charge is -2.35. The first-order valence-corrected chi connectivity index (χ1v) is 9.44. The molecule has 1 unspecified atom stereocenters. The van der Waals surface area contributed by atoms with E-state index in [1.807, 2.05) is 18.3 Å². The minimum atomic E-state index is 0.461. The molecule has 3 heterocycles. The predicted octanol–water partition coefficient (Wildman–Crippen LogP) is 4.14. The van der Waals surface area contributed by atoms with Crippen LogP contribution in [0.15, 0.2) is 52.8 Å². The fraction of sp³-hybridized carbons (Fsp3) is 0.316. The maximum atomic E-state index is 6.46. The Morgan fingerprint density at radius 1 is 1.12 bits per heavy atom. The molecule has 1 aromatic carbocycles. The SMILES string of the molecule is CC1CCCCN1c1ncnc(Sc2cccc3cccnc23)c1N. The summed E-state index contributed by atoms with van der Waals surface area (Å²) in [6, 6.07) is 10.6. The van der Waals surface area contributed by atoms with Crippen LogP contribution in [0.2, 0.25) is 0 Å². The Morgan fingerprint density at radius 2 is 2.00 bits per heavy atom.